The van der Waals surface area contributed by atoms with Crippen LogP contribution >= 0.6 is 0 Å². The summed E-state index contributed by atoms with van der Waals surface area (Å²) >= 11 is 0. The molecule has 5 rings (SSSR count). The molecule has 0 aliphatic heterocycles. The maximum Gasteiger partial charge on any atom is 0.360 e. The van der Waals surface area contributed by atoms with E-state index in [1.165, 1.54) is 67.4 Å². The Morgan fingerprint density at radius 2 is 1.27 bits per heavy atom. The molecule has 0 bridgehead atoms. The summed E-state index contributed by atoms with van der Waals surface area (Å²) in [5.74, 6) is 3.95. The number of rotatable bonds is 3. The van der Waals surface area contributed by atoms with Crippen molar-refractivity contribution in [2.24, 2.45) is 11.8 Å². The first kappa shape index (κ1) is 23.9. The van der Waals surface area contributed by atoms with Crippen molar-refractivity contribution in [1.82, 2.24) is 0 Å². The fourth-order valence-electron chi connectivity index (χ4n) is 5.33. The normalized spacial score (nSPS) is 18.7. The van der Waals surface area contributed by atoms with Gasteiger partial charge in [0.15, 0.2) is 0 Å². The summed E-state index contributed by atoms with van der Waals surface area (Å²) in [6, 6.07) is 23.7. The van der Waals surface area contributed by atoms with Gasteiger partial charge >= 0.3 is 11.5 Å². The Hall–Kier alpha value is -2.28. The number of benzene rings is 2. The lowest BCUT2D eigenvalue weighted by atomic mass is 9.72. The highest BCUT2D eigenvalue weighted by molar-refractivity contribution is 5.73. The van der Waals surface area contributed by atoms with Crippen LogP contribution in [0.2, 0.25) is 0 Å². The van der Waals surface area contributed by atoms with Crippen LogP contribution in [0.1, 0.15) is 49.8 Å². The highest BCUT2D eigenvalue weighted by Gasteiger charge is 2.35. The molecule has 1 unspecified atom stereocenters. The van der Waals surface area contributed by atoms with Crippen LogP contribution in [0.4, 0.5) is 0 Å². The van der Waals surface area contributed by atoms with Crippen molar-refractivity contribution in [3.05, 3.63) is 78.1 Å². The third-order valence-electron chi connectivity index (χ3n) is 6.84. The molecule has 1 fully saturated rings. The topological polar surface area (TPSA) is 104 Å². The molecule has 2 aliphatic rings. The lowest BCUT2D eigenvalue weighted by Gasteiger charge is -2.32. The van der Waals surface area contributed by atoms with Crippen LogP contribution in [-0.2, 0) is 12.8 Å². The fraction of sp³-hybridized carbons (Fsp3) is 0.370. The molecule has 1 heterocycles. The zero-order valence-corrected chi connectivity index (χ0v) is 19.3. The summed E-state index contributed by atoms with van der Waals surface area (Å²) in [4.78, 5) is 0. The summed E-state index contributed by atoms with van der Waals surface area (Å²) in [6.45, 7) is 0. The number of aryl methyl sites for hydroxylation is 1. The first-order valence-electron chi connectivity index (χ1n) is 11.6. The quantitative estimate of drug-likeness (QED) is 0.550. The molecule has 0 saturated heterocycles. The van der Waals surface area contributed by atoms with Gasteiger partial charge in [-0.15, -0.1) is 10.2 Å². The molecule has 2 aliphatic carbocycles. The van der Waals surface area contributed by atoms with Gasteiger partial charge in [0, 0.05) is 5.56 Å². The molecular formula is C27H29ClO5. The molecule has 174 valence electrons. The smallest absolute Gasteiger partial charge is 0.222 e. The predicted octanol–water partition coefficient (Wildman–Crippen LogP) is 2.82. The molecule has 0 N–H and O–H groups in total. The van der Waals surface area contributed by atoms with E-state index in [4.69, 9.17) is 23.1 Å². The monoisotopic (exact) mass is 468 g/mol. The van der Waals surface area contributed by atoms with Crippen molar-refractivity contribution in [3.8, 4) is 22.5 Å². The molecule has 1 aromatic heterocycles. The van der Waals surface area contributed by atoms with Gasteiger partial charge in [0.2, 0.25) is 0 Å². The first-order valence-corrected chi connectivity index (χ1v) is 12.8. The zero-order valence-electron chi connectivity index (χ0n) is 18.6. The second-order valence-electron chi connectivity index (χ2n) is 8.94. The van der Waals surface area contributed by atoms with Gasteiger partial charge in [-0.05, 0) is 42.4 Å². The largest absolute Gasteiger partial charge is 0.360 e. The lowest BCUT2D eigenvalue weighted by molar-refractivity contribution is -2.00. The summed E-state index contributed by atoms with van der Waals surface area (Å²) in [7, 11) is -4.94. The number of halogens is 1. The molecule has 6 heteroatoms. The van der Waals surface area contributed by atoms with E-state index in [1.807, 2.05) is 0 Å². The molecule has 1 atom stereocenters. The number of hydrogen-bond donors (Lipinski definition) is 0. The maximum absolute atomic E-state index is 8.49. The van der Waals surface area contributed by atoms with E-state index in [0.29, 0.717) is 0 Å². The SMILES string of the molecule is [O-][Cl+3]([O-])([O-])[O-].c1ccc(-c2cc(-c3ccccc3)c3c([o+]2)CCC(C2CCCCC2)C3)cc1. The first-order chi connectivity index (χ1) is 15.9. The van der Waals surface area contributed by atoms with Crippen molar-refractivity contribution in [2.45, 2.75) is 51.4 Å². The standard InChI is InChI=1S/C27H29O.ClHO4/c1-4-10-20(11-5-1)23-16-17-26-25(18-23)24(21-12-6-2-7-13-21)19-27(28-26)22-14-8-3-9-15-22;2-1(3,4)5/h2-3,6-9,12-15,19-20,23H,1,4-5,10-11,16-18H2;(H,2,3,4,5)/q+1;/p-1. The van der Waals surface area contributed by atoms with Crippen molar-refractivity contribution < 1.29 is 33.3 Å². The van der Waals surface area contributed by atoms with Gasteiger partial charge in [-0.25, -0.2) is 23.1 Å². The number of hydrogen-bond acceptors (Lipinski definition) is 4. The Bertz CT molecular complexity index is 1020. The van der Waals surface area contributed by atoms with Crippen LogP contribution in [0, 0.1) is 22.1 Å². The average molecular weight is 469 g/mol. The summed E-state index contributed by atoms with van der Waals surface area (Å²) in [5.41, 5.74) is 5.32. The molecule has 2 aromatic carbocycles. The van der Waals surface area contributed by atoms with Gasteiger partial charge in [-0.3, -0.25) is 0 Å². The molecule has 3 aromatic rings. The van der Waals surface area contributed by atoms with Crippen LogP contribution < -0.4 is 18.6 Å². The average Bonchev–Trinajstić information content (AvgIpc) is 2.84. The third kappa shape index (κ3) is 6.62. The van der Waals surface area contributed by atoms with E-state index in [0.717, 1.165) is 29.6 Å². The van der Waals surface area contributed by atoms with Gasteiger partial charge in [0.25, 0.3) is 0 Å². The summed E-state index contributed by atoms with van der Waals surface area (Å²) < 4.78 is 40.5. The van der Waals surface area contributed by atoms with Crippen LogP contribution in [0.3, 0.4) is 0 Å². The minimum absolute atomic E-state index is 0.827. The Kier molecular flexibility index (Phi) is 7.78. The molecule has 0 radical (unpaired) electrons. The zero-order chi connectivity index (χ0) is 23.3. The molecule has 1 saturated carbocycles. The van der Waals surface area contributed by atoms with Gasteiger partial charge < -0.3 is 0 Å². The van der Waals surface area contributed by atoms with E-state index in [9.17, 15) is 0 Å². The van der Waals surface area contributed by atoms with E-state index in [-0.39, 0.29) is 0 Å². The summed E-state index contributed by atoms with van der Waals surface area (Å²) in [5, 5.41) is 0. The highest BCUT2D eigenvalue weighted by atomic mass is 35.7. The Morgan fingerprint density at radius 3 is 1.88 bits per heavy atom. The van der Waals surface area contributed by atoms with Gasteiger partial charge in [0.05, 0.1) is 23.6 Å². The predicted molar refractivity (Wildman–Crippen MR) is 116 cm³/mol. The minimum Gasteiger partial charge on any atom is -0.222 e. The Balaban J connectivity index is 0.000000471. The lowest BCUT2D eigenvalue weighted by Crippen LogP contribution is -2.68. The minimum atomic E-state index is -4.94. The summed E-state index contributed by atoms with van der Waals surface area (Å²) in [6.07, 6.45) is 10.7. The molecule has 33 heavy (non-hydrogen) atoms. The number of fused-ring (bicyclic) bond motifs is 1. The van der Waals surface area contributed by atoms with E-state index >= 15 is 0 Å². The molecule has 0 amide bonds. The fourth-order valence-corrected chi connectivity index (χ4v) is 5.33. The van der Waals surface area contributed by atoms with Gasteiger partial charge in [-0.1, -0.05) is 80.6 Å². The molecular weight excluding hydrogens is 440 g/mol. The van der Waals surface area contributed by atoms with Crippen molar-refractivity contribution >= 4 is 0 Å². The Morgan fingerprint density at radius 1 is 0.697 bits per heavy atom. The van der Waals surface area contributed by atoms with Crippen LogP contribution in [0.25, 0.3) is 22.5 Å². The van der Waals surface area contributed by atoms with Crippen molar-refractivity contribution in [3.63, 3.8) is 0 Å². The molecule has 5 nitrogen and oxygen atoms in total. The van der Waals surface area contributed by atoms with Crippen LogP contribution in [0.15, 0.2) is 71.1 Å². The van der Waals surface area contributed by atoms with Crippen LogP contribution in [-0.4, -0.2) is 0 Å². The van der Waals surface area contributed by atoms with E-state index < -0.39 is 10.2 Å². The van der Waals surface area contributed by atoms with Gasteiger partial charge in [-0.2, -0.15) is 0 Å². The van der Waals surface area contributed by atoms with Gasteiger partial charge in [0.1, 0.15) is 0 Å². The van der Waals surface area contributed by atoms with Crippen molar-refractivity contribution in [2.75, 3.05) is 0 Å². The Labute approximate surface area is 197 Å². The van der Waals surface area contributed by atoms with Crippen molar-refractivity contribution in [1.29, 1.82) is 0 Å². The van der Waals surface area contributed by atoms with Crippen LogP contribution in [0.5, 0.6) is 0 Å². The second-order valence-corrected chi connectivity index (χ2v) is 9.69. The van der Waals surface area contributed by atoms with E-state index in [1.54, 1.807) is 0 Å². The molecule has 0 spiro atoms. The maximum atomic E-state index is 8.49. The third-order valence-corrected chi connectivity index (χ3v) is 6.84. The van der Waals surface area contributed by atoms with E-state index in [2.05, 4.69) is 66.7 Å². The second kappa shape index (κ2) is 10.8. The highest BCUT2D eigenvalue weighted by Crippen LogP contribution is 2.42.